The Balaban J connectivity index is 0.944. The largest absolute Gasteiger partial charge is 0.372 e. The van der Waals surface area contributed by atoms with Crippen molar-refractivity contribution < 1.29 is 0 Å². The summed E-state index contributed by atoms with van der Waals surface area (Å²) in [5, 5.41) is 6.03. The van der Waals surface area contributed by atoms with Crippen molar-refractivity contribution in [3.05, 3.63) is 198 Å². The molecule has 3 heterocycles. The molecule has 4 heteroatoms. The number of hydrogen-bond acceptors (Lipinski definition) is 4. The molecule has 2 aliphatic rings. The van der Waals surface area contributed by atoms with Crippen LogP contribution in [0.4, 0.5) is 5.69 Å². The van der Waals surface area contributed by atoms with Gasteiger partial charge in [-0.1, -0.05) is 166 Å². The predicted octanol–water partition coefficient (Wildman–Crippen LogP) is 13.3. The molecule has 0 bridgehead atoms. The van der Waals surface area contributed by atoms with Crippen LogP contribution in [0.15, 0.2) is 176 Å². The summed E-state index contributed by atoms with van der Waals surface area (Å²) in [6, 6.07) is 60.4. The van der Waals surface area contributed by atoms with Crippen molar-refractivity contribution >= 4 is 33.6 Å². The summed E-state index contributed by atoms with van der Waals surface area (Å²) in [4.78, 5) is 15.5. The number of hydrogen-bond donors (Lipinski definition) is 1. The predicted molar refractivity (Wildman–Crippen MR) is 236 cm³/mol. The summed E-state index contributed by atoms with van der Waals surface area (Å²) in [5.41, 5.74) is 18.0. The summed E-state index contributed by atoms with van der Waals surface area (Å²) in [6.07, 6.45) is 4.48. The minimum absolute atomic E-state index is 0.0238. The van der Waals surface area contributed by atoms with Gasteiger partial charge in [0.15, 0.2) is 5.82 Å². The second-order valence-electron chi connectivity index (χ2n) is 15.7. The van der Waals surface area contributed by atoms with E-state index in [2.05, 4.69) is 177 Å². The third-order valence-corrected chi connectivity index (χ3v) is 11.9. The summed E-state index contributed by atoms with van der Waals surface area (Å²) in [7, 11) is 0. The van der Waals surface area contributed by atoms with E-state index in [9.17, 15) is 0 Å². The van der Waals surface area contributed by atoms with E-state index in [1.54, 1.807) is 0 Å². The number of rotatable bonds is 5. The summed E-state index contributed by atoms with van der Waals surface area (Å²) >= 11 is 0. The highest BCUT2D eigenvalue weighted by atomic mass is 14.9. The summed E-state index contributed by atoms with van der Waals surface area (Å²) < 4.78 is 0. The van der Waals surface area contributed by atoms with E-state index < -0.39 is 0 Å². The molecule has 9 aromatic rings. The SMILES string of the molecule is CC1(C)c2ccccc2-c2cc(-c3ccc4ccc5c(c4n3)NC(c3cccc(-c4ccc6nc(-c7ccccc7)nc(-c7ccccc7)c6c4)c3)C=C5)ccc21. The Morgan fingerprint density at radius 2 is 1.25 bits per heavy atom. The van der Waals surface area contributed by atoms with Crippen LogP contribution in [0, 0.1) is 0 Å². The highest BCUT2D eigenvalue weighted by Gasteiger charge is 2.35. The first-order valence-corrected chi connectivity index (χ1v) is 19.6. The van der Waals surface area contributed by atoms with Crippen LogP contribution < -0.4 is 5.32 Å². The Hall–Kier alpha value is -7.17. The second-order valence-corrected chi connectivity index (χ2v) is 15.7. The van der Waals surface area contributed by atoms with Gasteiger partial charge in [-0.3, -0.25) is 0 Å². The van der Waals surface area contributed by atoms with Gasteiger partial charge in [0.25, 0.3) is 0 Å². The molecule has 0 fully saturated rings. The van der Waals surface area contributed by atoms with E-state index in [0.29, 0.717) is 0 Å². The normalized spacial score (nSPS) is 14.9. The molecule has 0 radical (unpaired) electrons. The van der Waals surface area contributed by atoms with Gasteiger partial charge in [-0.15, -0.1) is 0 Å². The van der Waals surface area contributed by atoms with Gasteiger partial charge in [0.1, 0.15) is 0 Å². The molecule has 57 heavy (non-hydrogen) atoms. The maximum atomic E-state index is 5.35. The molecule has 7 aromatic carbocycles. The van der Waals surface area contributed by atoms with Crippen LogP contribution in [0.1, 0.15) is 42.1 Å². The third-order valence-electron chi connectivity index (χ3n) is 11.9. The Labute approximate surface area is 332 Å². The van der Waals surface area contributed by atoms with Crippen molar-refractivity contribution in [3.63, 3.8) is 0 Å². The fourth-order valence-corrected chi connectivity index (χ4v) is 8.89. The van der Waals surface area contributed by atoms with Crippen LogP contribution in [0.2, 0.25) is 0 Å². The van der Waals surface area contributed by atoms with E-state index in [0.717, 1.165) is 78.1 Å². The fraction of sp³-hybridized carbons (Fsp3) is 0.0755. The van der Waals surface area contributed by atoms with Gasteiger partial charge in [-0.25, -0.2) is 15.0 Å². The zero-order valence-corrected chi connectivity index (χ0v) is 31.7. The molecular weight excluding hydrogens is 693 g/mol. The van der Waals surface area contributed by atoms with Crippen LogP contribution in [0.3, 0.4) is 0 Å². The second kappa shape index (κ2) is 13.0. The van der Waals surface area contributed by atoms with Crippen molar-refractivity contribution in [1.29, 1.82) is 0 Å². The Bertz CT molecular complexity index is 3070. The third kappa shape index (κ3) is 5.56. The molecule has 1 aliphatic heterocycles. The molecule has 270 valence electrons. The number of nitrogens with zero attached hydrogens (tertiary/aromatic N) is 3. The minimum Gasteiger partial charge on any atom is -0.372 e. The average Bonchev–Trinajstić information content (AvgIpc) is 3.51. The average molecular weight is 731 g/mol. The van der Waals surface area contributed by atoms with Crippen molar-refractivity contribution in [2.45, 2.75) is 25.3 Å². The molecule has 1 aliphatic carbocycles. The van der Waals surface area contributed by atoms with Crippen LogP contribution in [0.25, 0.3) is 84.0 Å². The maximum Gasteiger partial charge on any atom is 0.160 e. The quantitative estimate of drug-likeness (QED) is 0.192. The molecular formula is C53H38N4. The van der Waals surface area contributed by atoms with E-state index in [1.807, 2.05) is 24.3 Å². The van der Waals surface area contributed by atoms with Crippen LogP contribution >= 0.6 is 0 Å². The van der Waals surface area contributed by atoms with Gasteiger partial charge < -0.3 is 5.32 Å². The number of nitrogens with one attached hydrogen (secondary N) is 1. The monoisotopic (exact) mass is 730 g/mol. The first-order chi connectivity index (χ1) is 28.0. The maximum absolute atomic E-state index is 5.35. The van der Waals surface area contributed by atoms with E-state index in [4.69, 9.17) is 15.0 Å². The zero-order chi connectivity index (χ0) is 38.1. The smallest absolute Gasteiger partial charge is 0.160 e. The number of anilines is 1. The molecule has 1 N–H and O–H groups in total. The number of aromatic nitrogens is 3. The van der Waals surface area contributed by atoms with Crippen LogP contribution in [-0.4, -0.2) is 15.0 Å². The van der Waals surface area contributed by atoms with Crippen molar-refractivity contribution in [3.8, 4) is 56.2 Å². The highest BCUT2D eigenvalue weighted by molar-refractivity contribution is 5.99. The van der Waals surface area contributed by atoms with E-state index in [1.165, 1.54) is 27.8 Å². The number of pyridine rings is 1. The van der Waals surface area contributed by atoms with Gasteiger partial charge in [0, 0.05) is 32.9 Å². The molecule has 0 spiro atoms. The lowest BCUT2D eigenvalue weighted by molar-refractivity contribution is 0.660. The van der Waals surface area contributed by atoms with Crippen molar-refractivity contribution in [2.24, 2.45) is 0 Å². The first kappa shape index (κ1) is 33.2. The lowest BCUT2D eigenvalue weighted by Gasteiger charge is -2.24. The molecule has 0 saturated heterocycles. The van der Waals surface area contributed by atoms with E-state index in [-0.39, 0.29) is 11.5 Å². The zero-order valence-electron chi connectivity index (χ0n) is 31.7. The summed E-state index contributed by atoms with van der Waals surface area (Å²) in [5.74, 6) is 0.725. The molecule has 11 rings (SSSR count). The number of fused-ring (bicyclic) bond motifs is 7. The molecule has 1 unspecified atom stereocenters. The van der Waals surface area contributed by atoms with E-state index >= 15 is 0 Å². The lowest BCUT2D eigenvalue weighted by atomic mass is 9.82. The van der Waals surface area contributed by atoms with Gasteiger partial charge >= 0.3 is 0 Å². The standard InChI is InChI=1S/C53H38N4/c1-53(2)44-19-10-9-18-41(44)42-32-40(22-26-45(42)53)47-28-24-35-21-20-34-23-27-46(54-50(34)51(35)55-47)39-17-11-16-37(30-39)38-25-29-48-43(31-38)49(33-12-5-3-6-13-33)57-52(56-48)36-14-7-4-8-15-36/h3-32,46,54H,1-2H3. The highest BCUT2D eigenvalue weighted by Crippen LogP contribution is 2.49. The van der Waals surface area contributed by atoms with Gasteiger partial charge in [0.05, 0.1) is 34.2 Å². The van der Waals surface area contributed by atoms with Crippen molar-refractivity contribution in [2.75, 3.05) is 5.32 Å². The Kier molecular flexibility index (Phi) is 7.55. The summed E-state index contributed by atoms with van der Waals surface area (Å²) in [6.45, 7) is 4.65. The van der Waals surface area contributed by atoms with Gasteiger partial charge in [0.2, 0.25) is 0 Å². The molecule has 0 amide bonds. The van der Waals surface area contributed by atoms with Crippen LogP contribution in [0.5, 0.6) is 0 Å². The molecule has 1 atom stereocenters. The molecule has 0 saturated carbocycles. The van der Waals surface area contributed by atoms with Gasteiger partial charge in [-0.05, 0) is 74.8 Å². The Morgan fingerprint density at radius 3 is 2.11 bits per heavy atom. The minimum atomic E-state index is -0.0245. The Morgan fingerprint density at radius 1 is 0.526 bits per heavy atom. The van der Waals surface area contributed by atoms with Gasteiger partial charge in [-0.2, -0.15) is 0 Å². The number of benzene rings is 7. The van der Waals surface area contributed by atoms with Crippen molar-refractivity contribution in [1.82, 2.24) is 15.0 Å². The lowest BCUT2D eigenvalue weighted by Crippen LogP contribution is -2.14. The van der Waals surface area contributed by atoms with Crippen LogP contribution in [-0.2, 0) is 5.41 Å². The fourth-order valence-electron chi connectivity index (χ4n) is 8.89. The molecule has 4 nitrogen and oxygen atoms in total. The molecule has 2 aromatic heterocycles. The first-order valence-electron chi connectivity index (χ1n) is 19.6. The topological polar surface area (TPSA) is 50.7 Å².